The highest BCUT2D eigenvalue weighted by Crippen LogP contribution is 2.31. The first-order valence-electron chi connectivity index (χ1n) is 8.98. The fourth-order valence-corrected chi connectivity index (χ4v) is 2.97. The highest BCUT2D eigenvalue weighted by Gasteiger charge is 2.14. The first-order chi connectivity index (χ1) is 13.7. The van der Waals surface area contributed by atoms with Crippen LogP contribution in [0, 0.1) is 0 Å². The van der Waals surface area contributed by atoms with E-state index < -0.39 is 0 Å². The topological polar surface area (TPSA) is 101 Å². The molecular formula is C19H23IN6O3. The van der Waals surface area contributed by atoms with E-state index in [-0.39, 0.29) is 24.0 Å². The van der Waals surface area contributed by atoms with Crippen molar-refractivity contribution < 1.29 is 13.9 Å². The Kier molecular flexibility index (Phi) is 6.96. The number of ether oxygens (including phenoxy) is 2. The van der Waals surface area contributed by atoms with Crippen molar-refractivity contribution in [3.05, 3.63) is 48.0 Å². The molecule has 0 radical (unpaired) electrons. The molecule has 0 saturated carbocycles. The number of aromatic nitrogens is 3. The smallest absolute Gasteiger partial charge is 0.216 e. The van der Waals surface area contributed by atoms with E-state index in [4.69, 9.17) is 13.9 Å². The Labute approximate surface area is 185 Å². The lowest BCUT2D eigenvalue weighted by molar-refractivity contribution is 0.171. The summed E-state index contributed by atoms with van der Waals surface area (Å²) in [5, 5.41) is 10.4. The second kappa shape index (κ2) is 9.63. The normalized spacial score (nSPS) is 13.0. The summed E-state index contributed by atoms with van der Waals surface area (Å²) in [4.78, 5) is 10.8. The summed E-state index contributed by atoms with van der Waals surface area (Å²) in [5.74, 6) is 4.17. The minimum Gasteiger partial charge on any atom is -0.486 e. The summed E-state index contributed by atoms with van der Waals surface area (Å²) < 4.78 is 16.5. The number of fused-ring (bicyclic) bond motifs is 1. The standard InChI is InChI=1S/C19H22N6O3.HI/c1-20-19(21-11-17-22-18(24-23-17)15-4-3-7-26-15)25(2)12-13-5-6-14-16(10-13)28-9-8-27-14;/h3-7,10H,8-9,11-12H2,1-2H3,(H,20,21)(H,22,23,24);1H. The molecule has 4 rings (SSSR count). The van der Waals surface area contributed by atoms with Gasteiger partial charge in [-0.2, -0.15) is 0 Å². The Morgan fingerprint density at radius 1 is 1.24 bits per heavy atom. The average molecular weight is 510 g/mol. The summed E-state index contributed by atoms with van der Waals surface area (Å²) in [6.45, 7) is 2.30. The fourth-order valence-electron chi connectivity index (χ4n) is 2.97. The molecule has 1 aliphatic rings. The van der Waals surface area contributed by atoms with Gasteiger partial charge in [0.05, 0.1) is 12.8 Å². The number of guanidine groups is 1. The lowest BCUT2D eigenvalue weighted by atomic mass is 10.2. The Morgan fingerprint density at radius 3 is 2.83 bits per heavy atom. The third-order valence-electron chi connectivity index (χ3n) is 4.29. The highest BCUT2D eigenvalue weighted by molar-refractivity contribution is 14.0. The predicted octanol–water partition coefficient (Wildman–Crippen LogP) is 2.66. The van der Waals surface area contributed by atoms with Gasteiger partial charge in [0.2, 0.25) is 5.82 Å². The Balaban J connectivity index is 0.00000240. The van der Waals surface area contributed by atoms with Gasteiger partial charge >= 0.3 is 0 Å². The van der Waals surface area contributed by atoms with Crippen LogP contribution in [0.2, 0.25) is 0 Å². The number of rotatable bonds is 5. The molecule has 0 fully saturated rings. The molecule has 3 heterocycles. The summed E-state index contributed by atoms with van der Waals surface area (Å²) >= 11 is 0. The number of hydrogen-bond acceptors (Lipinski definition) is 6. The van der Waals surface area contributed by atoms with E-state index in [0.29, 0.717) is 43.7 Å². The van der Waals surface area contributed by atoms with Crippen molar-refractivity contribution in [1.82, 2.24) is 25.4 Å². The molecule has 3 aromatic rings. The van der Waals surface area contributed by atoms with Crippen LogP contribution in [0.4, 0.5) is 0 Å². The van der Waals surface area contributed by atoms with Gasteiger partial charge < -0.3 is 24.1 Å². The van der Waals surface area contributed by atoms with Gasteiger partial charge in [0, 0.05) is 20.6 Å². The summed E-state index contributed by atoms with van der Waals surface area (Å²) in [6, 6.07) is 9.60. The lowest BCUT2D eigenvalue weighted by Gasteiger charge is -2.23. The van der Waals surface area contributed by atoms with Crippen LogP contribution in [0.15, 0.2) is 46.0 Å². The summed E-state index contributed by atoms with van der Waals surface area (Å²) in [5.41, 5.74) is 1.11. The highest BCUT2D eigenvalue weighted by atomic mass is 127. The Hall–Kier alpha value is -2.76. The number of hydrogen-bond donors (Lipinski definition) is 2. The van der Waals surface area contributed by atoms with Crippen molar-refractivity contribution in [3.8, 4) is 23.1 Å². The Morgan fingerprint density at radius 2 is 2.07 bits per heavy atom. The molecule has 0 aliphatic carbocycles. The van der Waals surface area contributed by atoms with Crippen LogP contribution in [0.3, 0.4) is 0 Å². The molecule has 154 valence electrons. The maximum atomic E-state index is 5.65. The average Bonchev–Trinajstić information content (AvgIpc) is 3.40. The molecule has 29 heavy (non-hydrogen) atoms. The number of nitrogens with one attached hydrogen (secondary N) is 2. The van der Waals surface area contributed by atoms with Crippen LogP contribution in [0.25, 0.3) is 11.6 Å². The fraction of sp³-hybridized carbons (Fsp3) is 0.316. The minimum atomic E-state index is 0. The molecule has 1 aliphatic heterocycles. The molecule has 1 aromatic carbocycles. The van der Waals surface area contributed by atoms with Crippen LogP contribution in [-0.2, 0) is 13.1 Å². The van der Waals surface area contributed by atoms with Crippen molar-refractivity contribution in [2.24, 2.45) is 4.99 Å². The van der Waals surface area contributed by atoms with Gasteiger partial charge in [-0.1, -0.05) is 6.07 Å². The summed E-state index contributed by atoms with van der Waals surface area (Å²) in [6.07, 6.45) is 1.60. The first kappa shape index (κ1) is 21.0. The van der Waals surface area contributed by atoms with E-state index in [1.807, 2.05) is 36.2 Å². The maximum absolute atomic E-state index is 5.65. The van der Waals surface area contributed by atoms with E-state index in [2.05, 4.69) is 25.5 Å². The second-order valence-electron chi connectivity index (χ2n) is 6.32. The van der Waals surface area contributed by atoms with Gasteiger partial charge in [0.15, 0.2) is 23.2 Å². The van der Waals surface area contributed by atoms with Gasteiger partial charge in [-0.15, -0.1) is 29.1 Å². The molecule has 2 N–H and O–H groups in total. The van der Waals surface area contributed by atoms with Crippen molar-refractivity contribution in [1.29, 1.82) is 0 Å². The number of benzene rings is 1. The molecule has 0 spiro atoms. The van der Waals surface area contributed by atoms with E-state index in [9.17, 15) is 0 Å². The number of nitrogens with zero attached hydrogens (tertiary/aromatic N) is 4. The van der Waals surface area contributed by atoms with Crippen molar-refractivity contribution in [2.45, 2.75) is 13.1 Å². The number of halogens is 1. The van der Waals surface area contributed by atoms with E-state index in [0.717, 1.165) is 23.0 Å². The van der Waals surface area contributed by atoms with Gasteiger partial charge in [-0.05, 0) is 29.8 Å². The Bertz CT molecular complexity index is 957. The first-order valence-corrected chi connectivity index (χ1v) is 8.98. The summed E-state index contributed by atoms with van der Waals surface area (Å²) in [7, 11) is 3.72. The van der Waals surface area contributed by atoms with Crippen molar-refractivity contribution >= 4 is 29.9 Å². The zero-order chi connectivity index (χ0) is 19.3. The van der Waals surface area contributed by atoms with Gasteiger partial charge in [-0.25, -0.2) is 4.98 Å². The predicted molar refractivity (Wildman–Crippen MR) is 119 cm³/mol. The second-order valence-corrected chi connectivity index (χ2v) is 6.32. The zero-order valence-electron chi connectivity index (χ0n) is 16.2. The largest absolute Gasteiger partial charge is 0.486 e. The van der Waals surface area contributed by atoms with Gasteiger partial charge in [0.1, 0.15) is 19.0 Å². The molecule has 9 nitrogen and oxygen atoms in total. The number of H-pyrrole nitrogens is 1. The SMILES string of the molecule is CN=C(NCc1nc(-c2ccco2)n[nH]1)N(C)Cc1ccc2c(c1)OCCO2.I. The zero-order valence-corrected chi connectivity index (χ0v) is 18.5. The quantitative estimate of drug-likeness (QED) is 0.309. The monoisotopic (exact) mass is 510 g/mol. The van der Waals surface area contributed by atoms with Gasteiger partial charge in [-0.3, -0.25) is 10.1 Å². The van der Waals surface area contributed by atoms with Crippen molar-refractivity contribution in [3.63, 3.8) is 0 Å². The molecule has 0 saturated heterocycles. The maximum Gasteiger partial charge on any atom is 0.216 e. The molecular weight excluding hydrogens is 487 g/mol. The third kappa shape index (κ3) is 5.00. The van der Waals surface area contributed by atoms with E-state index in [1.165, 1.54) is 0 Å². The van der Waals surface area contributed by atoms with Crippen molar-refractivity contribution in [2.75, 3.05) is 27.3 Å². The van der Waals surface area contributed by atoms with Crippen LogP contribution in [-0.4, -0.2) is 53.3 Å². The number of aliphatic imine (C=N–C) groups is 1. The number of aromatic amines is 1. The lowest BCUT2D eigenvalue weighted by Crippen LogP contribution is -2.38. The molecule has 10 heteroatoms. The molecule has 2 aromatic heterocycles. The van der Waals surface area contributed by atoms with E-state index >= 15 is 0 Å². The van der Waals surface area contributed by atoms with E-state index in [1.54, 1.807) is 19.4 Å². The van der Waals surface area contributed by atoms with Crippen LogP contribution in [0.1, 0.15) is 11.4 Å². The molecule has 0 bridgehead atoms. The van der Waals surface area contributed by atoms with Crippen LogP contribution < -0.4 is 14.8 Å². The minimum absolute atomic E-state index is 0. The number of furan rings is 1. The van der Waals surface area contributed by atoms with Gasteiger partial charge in [0.25, 0.3) is 0 Å². The third-order valence-corrected chi connectivity index (χ3v) is 4.29. The van der Waals surface area contributed by atoms with Crippen LogP contribution in [0.5, 0.6) is 11.5 Å². The van der Waals surface area contributed by atoms with Crippen LogP contribution >= 0.6 is 24.0 Å². The molecule has 0 amide bonds. The molecule has 0 atom stereocenters. The molecule has 0 unspecified atom stereocenters.